The van der Waals surface area contributed by atoms with Crippen molar-refractivity contribution in [2.75, 3.05) is 11.4 Å². The Bertz CT molecular complexity index is 1060. The van der Waals surface area contributed by atoms with Crippen molar-refractivity contribution < 1.29 is 18.0 Å². The Morgan fingerprint density at radius 1 is 1.00 bits per heavy atom. The van der Waals surface area contributed by atoms with Crippen molar-refractivity contribution in [1.82, 2.24) is 4.57 Å². The number of aromatic nitrogens is 1. The number of halogens is 3. The molecular weight excluding hydrogens is 381 g/mol. The van der Waals surface area contributed by atoms with E-state index in [-0.39, 0.29) is 18.0 Å². The number of rotatable bonds is 5. The number of anilines is 1. The van der Waals surface area contributed by atoms with Crippen LogP contribution in [0.25, 0.3) is 0 Å². The third-order valence-electron chi connectivity index (χ3n) is 4.47. The number of carbonyl (C=O) groups excluding carboxylic acids is 1. The maximum Gasteiger partial charge on any atom is 0.416 e. The summed E-state index contributed by atoms with van der Waals surface area (Å²) in [5, 5.41) is 0. The summed E-state index contributed by atoms with van der Waals surface area (Å²) in [4.78, 5) is 26.7. The van der Waals surface area contributed by atoms with Crippen LogP contribution >= 0.6 is 0 Å². The zero-order valence-corrected chi connectivity index (χ0v) is 15.7. The Kier molecular flexibility index (Phi) is 5.87. The number of carbonyl (C=O) groups is 1. The van der Waals surface area contributed by atoms with E-state index in [1.165, 1.54) is 35.0 Å². The molecule has 3 aromatic rings. The molecule has 3 rings (SSSR count). The first-order valence-electron chi connectivity index (χ1n) is 9.03. The molecule has 0 radical (unpaired) electrons. The molecule has 1 aromatic heterocycles. The Morgan fingerprint density at radius 3 is 2.38 bits per heavy atom. The maximum absolute atomic E-state index is 12.9. The number of benzene rings is 2. The molecule has 2 aromatic carbocycles. The highest BCUT2D eigenvalue weighted by atomic mass is 19.4. The lowest BCUT2D eigenvalue weighted by atomic mass is 10.1. The van der Waals surface area contributed by atoms with Gasteiger partial charge < -0.3 is 9.47 Å². The molecule has 0 fully saturated rings. The highest BCUT2D eigenvalue weighted by Crippen LogP contribution is 2.29. The van der Waals surface area contributed by atoms with Crippen LogP contribution < -0.4 is 10.5 Å². The molecule has 1 heterocycles. The van der Waals surface area contributed by atoms with Crippen LogP contribution in [0.1, 0.15) is 28.4 Å². The molecule has 0 bridgehead atoms. The fraction of sp³-hybridized carbons (Fsp3) is 0.182. The molecule has 1 amide bonds. The summed E-state index contributed by atoms with van der Waals surface area (Å²) in [6, 6.07) is 16.6. The molecule has 0 unspecified atom stereocenters. The minimum absolute atomic E-state index is 0.0681. The van der Waals surface area contributed by atoms with E-state index in [4.69, 9.17) is 0 Å². The van der Waals surface area contributed by atoms with Crippen molar-refractivity contribution in [3.63, 3.8) is 0 Å². The van der Waals surface area contributed by atoms with Gasteiger partial charge in [0.2, 0.25) is 0 Å². The fourth-order valence-electron chi connectivity index (χ4n) is 3.03. The van der Waals surface area contributed by atoms with Gasteiger partial charge in [-0.05, 0) is 42.8 Å². The van der Waals surface area contributed by atoms with Crippen LogP contribution in [-0.4, -0.2) is 17.0 Å². The van der Waals surface area contributed by atoms with E-state index in [2.05, 4.69) is 0 Å². The van der Waals surface area contributed by atoms with Gasteiger partial charge in [-0.1, -0.05) is 30.3 Å². The van der Waals surface area contributed by atoms with E-state index in [1.807, 2.05) is 25.1 Å². The molecule has 0 aliphatic rings. The highest BCUT2D eigenvalue weighted by Gasteiger charge is 2.30. The van der Waals surface area contributed by atoms with Crippen molar-refractivity contribution in [1.29, 1.82) is 0 Å². The number of amides is 1. The summed E-state index contributed by atoms with van der Waals surface area (Å²) < 4.78 is 40.0. The Balaban J connectivity index is 1.91. The molecule has 0 aliphatic carbocycles. The Labute approximate surface area is 165 Å². The smallest absolute Gasteiger partial charge is 0.310 e. The summed E-state index contributed by atoms with van der Waals surface area (Å²) in [6.07, 6.45) is -3.08. The quantitative estimate of drug-likeness (QED) is 0.629. The first-order chi connectivity index (χ1) is 13.8. The van der Waals surface area contributed by atoms with Crippen molar-refractivity contribution >= 4 is 11.6 Å². The molecule has 0 saturated heterocycles. The highest BCUT2D eigenvalue weighted by molar-refractivity contribution is 6.05. The van der Waals surface area contributed by atoms with Crippen molar-refractivity contribution in [3.8, 4) is 0 Å². The van der Waals surface area contributed by atoms with Crippen molar-refractivity contribution in [2.24, 2.45) is 0 Å². The maximum atomic E-state index is 12.9. The van der Waals surface area contributed by atoms with Gasteiger partial charge in [0.25, 0.3) is 11.5 Å². The Hall–Kier alpha value is -3.35. The molecule has 4 nitrogen and oxygen atoms in total. The van der Waals surface area contributed by atoms with E-state index in [1.54, 1.807) is 17.0 Å². The van der Waals surface area contributed by atoms with E-state index >= 15 is 0 Å². The van der Waals surface area contributed by atoms with Gasteiger partial charge in [-0.3, -0.25) is 9.59 Å². The van der Waals surface area contributed by atoms with Crippen LogP contribution in [0.15, 0.2) is 77.7 Å². The minimum atomic E-state index is -4.46. The molecule has 7 heteroatoms. The minimum Gasteiger partial charge on any atom is -0.310 e. The molecule has 0 saturated carbocycles. The predicted octanol–water partition coefficient (Wildman–Crippen LogP) is 4.58. The second kappa shape index (κ2) is 8.34. The Morgan fingerprint density at radius 2 is 1.72 bits per heavy atom. The lowest BCUT2D eigenvalue weighted by Gasteiger charge is -2.21. The van der Waals surface area contributed by atoms with Gasteiger partial charge in [0.1, 0.15) is 0 Å². The normalized spacial score (nSPS) is 11.3. The SMILES string of the molecule is CCN(C(=O)c1ccc(=O)n(Cc2cccc(C(F)(F)F)c2)c1)c1ccccc1. The van der Waals surface area contributed by atoms with Gasteiger partial charge in [0.15, 0.2) is 0 Å². The van der Waals surface area contributed by atoms with Crippen LogP contribution in [0, 0.1) is 0 Å². The average Bonchev–Trinajstić information content (AvgIpc) is 2.70. The van der Waals surface area contributed by atoms with Crippen molar-refractivity contribution in [3.05, 3.63) is 100.0 Å². The van der Waals surface area contributed by atoms with Crippen LogP contribution in [-0.2, 0) is 12.7 Å². The zero-order chi connectivity index (χ0) is 21.0. The average molecular weight is 400 g/mol. The van der Waals surface area contributed by atoms with Crippen LogP contribution in [0.4, 0.5) is 18.9 Å². The number of hydrogen-bond acceptors (Lipinski definition) is 2. The number of para-hydroxylation sites is 1. The van der Waals surface area contributed by atoms with Gasteiger partial charge in [0, 0.05) is 24.5 Å². The van der Waals surface area contributed by atoms with Crippen LogP contribution in [0.5, 0.6) is 0 Å². The lowest BCUT2D eigenvalue weighted by Crippen LogP contribution is -2.32. The first-order valence-corrected chi connectivity index (χ1v) is 9.03. The number of alkyl halides is 3. The monoisotopic (exact) mass is 400 g/mol. The van der Waals surface area contributed by atoms with E-state index < -0.39 is 17.3 Å². The van der Waals surface area contributed by atoms with E-state index in [0.29, 0.717) is 12.1 Å². The van der Waals surface area contributed by atoms with E-state index in [9.17, 15) is 22.8 Å². The molecule has 0 aliphatic heterocycles. The summed E-state index contributed by atoms with van der Waals surface area (Å²) in [5.74, 6) is -0.295. The van der Waals surface area contributed by atoms with Gasteiger partial charge in [0.05, 0.1) is 17.7 Å². The summed E-state index contributed by atoms with van der Waals surface area (Å²) >= 11 is 0. The second-order valence-electron chi connectivity index (χ2n) is 6.47. The molecular formula is C22H19F3N2O2. The first kappa shape index (κ1) is 20.4. The van der Waals surface area contributed by atoms with Gasteiger partial charge in [-0.15, -0.1) is 0 Å². The largest absolute Gasteiger partial charge is 0.416 e. The van der Waals surface area contributed by atoms with E-state index in [0.717, 1.165) is 17.8 Å². The van der Waals surface area contributed by atoms with Gasteiger partial charge in [-0.2, -0.15) is 13.2 Å². The molecule has 0 spiro atoms. The van der Waals surface area contributed by atoms with Crippen molar-refractivity contribution in [2.45, 2.75) is 19.6 Å². The molecule has 0 atom stereocenters. The predicted molar refractivity (Wildman–Crippen MR) is 105 cm³/mol. The second-order valence-corrected chi connectivity index (χ2v) is 6.47. The fourth-order valence-corrected chi connectivity index (χ4v) is 3.03. The third kappa shape index (κ3) is 4.74. The molecule has 0 N–H and O–H groups in total. The molecule has 29 heavy (non-hydrogen) atoms. The van der Waals surface area contributed by atoms with Gasteiger partial charge >= 0.3 is 6.18 Å². The summed E-state index contributed by atoms with van der Waals surface area (Å²) in [7, 11) is 0. The van der Waals surface area contributed by atoms with Gasteiger partial charge in [-0.25, -0.2) is 0 Å². The summed E-state index contributed by atoms with van der Waals surface area (Å²) in [6.45, 7) is 2.19. The molecule has 150 valence electrons. The standard InChI is InChI=1S/C22H19F3N2O2/c1-2-27(19-9-4-3-5-10-19)21(29)17-11-12-20(28)26(15-17)14-16-7-6-8-18(13-16)22(23,24)25/h3-13,15H,2,14H2,1H3. The lowest BCUT2D eigenvalue weighted by molar-refractivity contribution is -0.137. The zero-order valence-electron chi connectivity index (χ0n) is 15.7. The number of nitrogens with zero attached hydrogens (tertiary/aromatic N) is 2. The number of pyridine rings is 1. The topological polar surface area (TPSA) is 42.3 Å². The van der Waals surface area contributed by atoms with Crippen LogP contribution in [0.3, 0.4) is 0 Å². The summed E-state index contributed by atoms with van der Waals surface area (Å²) in [5.41, 5.74) is 0.137. The number of hydrogen-bond donors (Lipinski definition) is 0. The third-order valence-corrected chi connectivity index (χ3v) is 4.47. The van der Waals surface area contributed by atoms with Crippen LogP contribution in [0.2, 0.25) is 0 Å².